The number of nitrogens with zero attached hydrogens (tertiary/aromatic N) is 2. The number of ether oxygens (including phenoxy) is 1. The van der Waals surface area contributed by atoms with Gasteiger partial charge in [-0.2, -0.15) is 5.10 Å². The first-order valence-electron chi connectivity index (χ1n) is 11.8. The smallest absolute Gasteiger partial charge is 0.273 e. The highest BCUT2D eigenvalue weighted by molar-refractivity contribution is 6.00. The number of aromatic amines is 1. The first kappa shape index (κ1) is 22.0. The number of fused-ring (bicyclic) bond motifs is 1. The van der Waals surface area contributed by atoms with Crippen LogP contribution in [0.15, 0.2) is 72.8 Å². The summed E-state index contributed by atoms with van der Waals surface area (Å²) in [5.41, 5.74) is 7.85. The maximum absolute atomic E-state index is 13.6. The van der Waals surface area contributed by atoms with E-state index >= 15 is 0 Å². The summed E-state index contributed by atoms with van der Waals surface area (Å²) in [4.78, 5) is 15.5. The van der Waals surface area contributed by atoms with Gasteiger partial charge in [0.15, 0.2) is 0 Å². The second-order valence-corrected chi connectivity index (χ2v) is 8.97. The summed E-state index contributed by atoms with van der Waals surface area (Å²) in [5, 5.41) is 7.62. The Labute approximate surface area is 200 Å². The van der Waals surface area contributed by atoms with Crippen LogP contribution in [0.3, 0.4) is 0 Å². The highest BCUT2D eigenvalue weighted by Crippen LogP contribution is 2.43. The summed E-state index contributed by atoms with van der Waals surface area (Å²) < 4.78 is 5.79. The molecule has 3 aromatic carbocycles. The third kappa shape index (κ3) is 4.10. The molecule has 2 heterocycles. The van der Waals surface area contributed by atoms with Crippen molar-refractivity contribution in [2.24, 2.45) is 0 Å². The van der Waals surface area contributed by atoms with Gasteiger partial charge in [-0.3, -0.25) is 9.89 Å². The van der Waals surface area contributed by atoms with Crippen molar-refractivity contribution in [1.29, 1.82) is 0 Å². The Morgan fingerprint density at radius 3 is 2.21 bits per heavy atom. The molecule has 0 saturated carbocycles. The summed E-state index contributed by atoms with van der Waals surface area (Å²) in [7, 11) is 0. The largest absolute Gasteiger partial charge is 0.494 e. The number of carbonyl (C=O) groups is 1. The van der Waals surface area contributed by atoms with E-state index in [-0.39, 0.29) is 11.9 Å². The molecule has 0 aliphatic carbocycles. The van der Waals surface area contributed by atoms with Gasteiger partial charge in [0.1, 0.15) is 11.4 Å². The molecule has 1 unspecified atom stereocenters. The van der Waals surface area contributed by atoms with Crippen molar-refractivity contribution >= 4 is 5.91 Å². The Hall–Kier alpha value is -3.86. The number of rotatable bonds is 7. The summed E-state index contributed by atoms with van der Waals surface area (Å²) in [6.45, 7) is 7.43. The number of aromatic nitrogens is 2. The SMILES string of the molecule is CCCOc1ccc(C2c3c(-c4ccc(C)cc4)n[nH]c3C(=O)N2Cc2ccc(C)cc2)cc1. The van der Waals surface area contributed by atoms with Crippen LogP contribution in [0, 0.1) is 13.8 Å². The molecule has 0 radical (unpaired) electrons. The van der Waals surface area contributed by atoms with Crippen LogP contribution in [0.5, 0.6) is 5.75 Å². The van der Waals surface area contributed by atoms with Crippen molar-refractivity contribution in [3.63, 3.8) is 0 Å². The fourth-order valence-corrected chi connectivity index (χ4v) is 4.49. The van der Waals surface area contributed by atoms with Gasteiger partial charge in [0.25, 0.3) is 5.91 Å². The molecule has 5 rings (SSSR count). The molecule has 1 N–H and O–H groups in total. The van der Waals surface area contributed by atoms with Crippen LogP contribution in [0.2, 0.25) is 0 Å². The molecule has 1 amide bonds. The number of aryl methyl sites for hydroxylation is 2. The van der Waals surface area contributed by atoms with Crippen LogP contribution in [-0.4, -0.2) is 27.6 Å². The van der Waals surface area contributed by atoms with Crippen molar-refractivity contribution in [3.05, 3.63) is 106 Å². The van der Waals surface area contributed by atoms with E-state index in [2.05, 4.69) is 91.6 Å². The molecule has 0 saturated heterocycles. The molecule has 1 aliphatic heterocycles. The molecule has 34 heavy (non-hydrogen) atoms. The quantitative estimate of drug-likeness (QED) is 0.362. The lowest BCUT2D eigenvalue weighted by Crippen LogP contribution is -2.29. The van der Waals surface area contributed by atoms with Crippen LogP contribution in [-0.2, 0) is 6.54 Å². The molecule has 5 heteroatoms. The lowest BCUT2D eigenvalue weighted by atomic mass is 9.95. The van der Waals surface area contributed by atoms with E-state index < -0.39 is 0 Å². The van der Waals surface area contributed by atoms with Crippen LogP contribution in [0.25, 0.3) is 11.3 Å². The molecule has 5 nitrogen and oxygen atoms in total. The molecule has 0 fully saturated rings. The maximum Gasteiger partial charge on any atom is 0.273 e. The van der Waals surface area contributed by atoms with Crippen molar-refractivity contribution in [1.82, 2.24) is 15.1 Å². The minimum atomic E-state index is -0.237. The predicted octanol–water partition coefficient (Wildman–Crippen LogP) is 6.23. The van der Waals surface area contributed by atoms with Gasteiger partial charge in [-0.1, -0.05) is 78.7 Å². The number of benzene rings is 3. The summed E-state index contributed by atoms with van der Waals surface area (Å²) in [5.74, 6) is 0.809. The first-order chi connectivity index (χ1) is 16.5. The van der Waals surface area contributed by atoms with Gasteiger partial charge in [0, 0.05) is 17.7 Å². The molecule has 1 aliphatic rings. The van der Waals surface area contributed by atoms with Crippen molar-refractivity contribution < 1.29 is 9.53 Å². The lowest BCUT2D eigenvalue weighted by Gasteiger charge is -2.27. The molecule has 1 aromatic heterocycles. The molecular formula is C29H29N3O2. The molecule has 1 atom stereocenters. The van der Waals surface area contributed by atoms with E-state index in [1.807, 2.05) is 17.0 Å². The van der Waals surface area contributed by atoms with Gasteiger partial charge in [-0.15, -0.1) is 0 Å². The van der Waals surface area contributed by atoms with Gasteiger partial charge in [0.2, 0.25) is 0 Å². The van der Waals surface area contributed by atoms with E-state index in [0.717, 1.165) is 40.1 Å². The first-order valence-corrected chi connectivity index (χ1v) is 11.8. The monoisotopic (exact) mass is 451 g/mol. The molecule has 0 spiro atoms. The van der Waals surface area contributed by atoms with Crippen LogP contribution < -0.4 is 4.74 Å². The standard InChI is InChI=1S/C29H29N3O2/c1-4-17-34-24-15-13-23(14-16-24)28-25-26(22-11-7-20(3)8-12-22)30-31-27(25)29(33)32(28)18-21-9-5-19(2)6-10-21/h5-16,28H,4,17-18H2,1-3H3,(H,30,31). The van der Waals surface area contributed by atoms with Gasteiger partial charge in [-0.05, 0) is 43.5 Å². The van der Waals surface area contributed by atoms with Crippen molar-refractivity contribution in [2.45, 2.75) is 39.8 Å². The maximum atomic E-state index is 13.6. The number of H-pyrrole nitrogens is 1. The average molecular weight is 452 g/mol. The van der Waals surface area contributed by atoms with Gasteiger partial charge < -0.3 is 9.64 Å². The summed E-state index contributed by atoms with van der Waals surface area (Å²) in [6.07, 6.45) is 0.960. The Morgan fingerprint density at radius 1 is 0.912 bits per heavy atom. The van der Waals surface area contributed by atoms with Crippen LogP contribution >= 0.6 is 0 Å². The minimum Gasteiger partial charge on any atom is -0.494 e. The highest BCUT2D eigenvalue weighted by atomic mass is 16.5. The molecule has 172 valence electrons. The Bertz CT molecular complexity index is 1290. The van der Waals surface area contributed by atoms with Crippen LogP contribution in [0.1, 0.15) is 57.7 Å². The van der Waals surface area contributed by atoms with Gasteiger partial charge in [0.05, 0.1) is 18.3 Å². The summed E-state index contributed by atoms with van der Waals surface area (Å²) in [6, 6.07) is 24.5. The Kier molecular flexibility index (Phi) is 5.93. The molecule has 0 bridgehead atoms. The zero-order chi connectivity index (χ0) is 23.7. The van der Waals surface area contributed by atoms with Gasteiger partial charge in [-0.25, -0.2) is 0 Å². The minimum absolute atomic E-state index is 0.0299. The zero-order valence-corrected chi connectivity index (χ0v) is 19.8. The van der Waals surface area contributed by atoms with E-state index in [4.69, 9.17) is 4.74 Å². The number of hydrogen-bond acceptors (Lipinski definition) is 3. The van der Waals surface area contributed by atoms with E-state index in [0.29, 0.717) is 18.8 Å². The van der Waals surface area contributed by atoms with Crippen molar-refractivity contribution in [2.75, 3.05) is 6.61 Å². The fourth-order valence-electron chi connectivity index (χ4n) is 4.49. The van der Waals surface area contributed by atoms with Crippen molar-refractivity contribution in [3.8, 4) is 17.0 Å². The van der Waals surface area contributed by atoms with E-state index in [1.54, 1.807) is 0 Å². The number of hydrogen-bond donors (Lipinski definition) is 1. The van der Waals surface area contributed by atoms with Gasteiger partial charge >= 0.3 is 0 Å². The lowest BCUT2D eigenvalue weighted by molar-refractivity contribution is 0.0730. The van der Waals surface area contributed by atoms with Crippen LogP contribution in [0.4, 0.5) is 0 Å². The fraction of sp³-hybridized carbons (Fsp3) is 0.241. The third-order valence-corrected chi connectivity index (χ3v) is 6.33. The third-order valence-electron chi connectivity index (χ3n) is 6.33. The zero-order valence-electron chi connectivity index (χ0n) is 19.8. The predicted molar refractivity (Wildman–Crippen MR) is 134 cm³/mol. The number of amides is 1. The molecule has 4 aromatic rings. The second kappa shape index (κ2) is 9.18. The van der Waals surface area contributed by atoms with E-state index in [9.17, 15) is 4.79 Å². The summed E-state index contributed by atoms with van der Waals surface area (Å²) >= 11 is 0. The Morgan fingerprint density at radius 2 is 1.56 bits per heavy atom. The normalized spacial score (nSPS) is 15.0. The number of nitrogens with one attached hydrogen (secondary N) is 1. The second-order valence-electron chi connectivity index (χ2n) is 8.97. The highest BCUT2D eigenvalue weighted by Gasteiger charge is 2.42. The van der Waals surface area contributed by atoms with E-state index in [1.165, 1.54) is 11.1 Å². The average Bonchev–Trinajstić information content (AvgIpc) is 3.39. The Balaban J connectivity index is 1.58. The molecular weight excluding hydrogens is 422 g/mol. The topological polar surface area (TPSA) is 58.2 Å². The number of carbonyl (C=O) groups excluding carboxylic acids is 1.